The molecular formula is C18H22N2O2. The molecule has 4 heteroatoms. The van der Waals surface area contributed by atoms with Crippen LogP contribution in [0.1, 0.15) is 27.5 Å². The predicted molar refractivity (Wildman–Crippen MR) is 88.0 cm³/mol. The number of carboxylic acids is 1. The molecule has 0 aliphatic heterocycles. The molecule has 0 radical (unpaired) electrons. The largest absolute Gasteiger partial charge is 0.478 e. The number of hydrogen-bond acceptors (Lipinski definition) is 3. The molecule has 0 heterocycles. The molecule has 0 saturated carbocycles. The van der Waals surface area contributed by atoms with Crippen molar-refractivity contribution >= 4 is 5.97 Å². The van der Waals surface area contributed by atoms with E-state index >= 15 is 0 Å². The van der Waals surface area contributed by atoms with Crippen LogP contribution in [0.5, 0.6) is 0 Å². The SMILES string of the molecule is CN(C)C(CNCc1ccc(C(=O)O)cc1)c1ccccc1. The first-order valence-electron chi connectivity index (χ1n) is 7.32. The van der Waals surface area contributed by atoms with Gasteiger partial charge in [0.25, 0.3) is 0 Å². The lowest BCUT2D eigenvalue weighted by Gasteiger charge is -2.25. The van der Waals surface area contributed by atoms with E-state index in [1.54, 1.807) is 12.1 Å². The Labute approximate surface area is 131 Å². The van der Waals surface area contributed by atoms with E-state index in [1.807, 2.05) is 18.2 Å². The predicted octanol–water partition coefficient (Wildman–Crippen LogP) is 2.78. The fraction of sp³-hybridized carbons (Fsp3) is 0.278. The van der Waals surface area contributed by atoms with E-state index in [1.165, 1.54) is 5.56 Å². The normalized spacial score (nSPS) is 12.3. The Morgan fingerprint density at radius 3 is 2.27 bits per heavy atom. The van der Waals surface area contributed by atoms with Crippen LogP contribution >= 0.6 is 0 Å². The summed E-state index contributed by atoms with van der Waals surface area (Å²) in [6.45, 7) is 1.55. The molecule has 0 aliphatic rings. The molecule has 2 rings (SSSR count). The maximum Gasteiger partial charge on any atom is 0.335 e. The van der Waals surface area contributed by atoms with Gasteiger partial charge in [0.05, 0.1) is 5.56 Å². The summed E-state index contributed by atoms with van der Waals surface area (Å²) in [5, 5.41) is 12.3. The highest BCUT2D eigenvalue weighted by Gasteiger charge is 2.13. The molecule has 0 aromatic heterocycles. The molecule has 2 aromatic carbocycles. The molecule has 22 heavy (non-hydrogen) atoms. The maximum absolute atomic E-state index is 10.8. The maximum atomic E-state index is 10.8. The summed E-state index contributed by atoms with van der Waals surface area (Å²) in [6, 6.07) is 17.7. The number of hydrogen-bond donors (Lipinski definition) is 2. The summed E-state index contributed by atoms with van der Waals surface area (Å²) in [6.07, 6.45) is 0. The molecule has 1 unspecified atom stereocenters. The van der Waals surface area contributed by atoms with Gasteiger partial charge in [0.1, 0.15) is 0 Å². The van der Waals surface area contributed by atoms with Crippen molar-refractivity contribution in [2.45, 2.75) is 12.6 Å². The first kappa shape index (κ1) is 16.2. The third kappa shape index (κ3) is 4.41. The number of benzene rings is 2. The summed E-state index contributed by atoms with van der Waals surface area (Å²) in [5.41, 5.74) is 2.68. The average molecular weight is 298 g/mol. The monoisotopic (exact) mass is 298 g/mol. The van der Waals surface area contributed by atoms with E-state index in [-0.39, 0.29) is 0 Å². The highest BCUT2D eigenvalue weighted by Crippen LogP contribution is 2.16. The number of rotatable bonds is 7. The number of likely N-dealkylation sites (N-methyl/N-ethyl adjacent to an activating group) is 1. The minimum absolute atomic E-state index is 0.305. The molecule has 2 aromatic rings. The van der Waals surface area contributed by atoms with Crippen LogP contribution in [0.25, 0.3) is 0 Å². The van der Waals surface area contributed by atoms with E-state index in [9.17, 15) is 4.79 Å². The van der Waals surface area contributed by atoms with Gasteiger partial charge in [-0.3, -0.25) is 0 Å². The topological polar surface area (TPSA) is 52.6 Å². The zero-order chi connectivity index (χ0) is 15.9. The Morgan fingerprint density at radius 1 is 1.09 bits per heavy atom. The summed E-state index contributed by atoms with van der Waals surface area (Å²) in [4.78, 5) is 13.0. The summed E-state index contributed by atoms with van der Waals surface area (Å²) < 4.78 is 0. The third-order valence-corrected chi connectivity index (χ3v) is 3.68. The lowest BCUT2D eigenvalue weighted by Crippen LogP contribution is -2.30. The first-order chi connectivity index (χ1) is 10.6. The summed E-state index contributed by atoms with van der Waals surface area (Å²) in [7, 11) is 4.14. The quantitative estimate of drug-likeness (QED) is 0.825. The summed E-state index contributed by atoms with van der Waals surface area (Å²) in [5.74, 6) is -0.892. The van der Waals surface area contributed by atoms with Crippen molar-refractivity contribution in [2.24, 2.45) is 0 Å². The molecule has 116 valence electrons. The minimum Gasteiger partial charge on any atom is -0.478 e. The second kappa shape index (κ2) is 7.73. The van der Waals surface area contributed by atoms with Gasteiger partial charge in [-0.1, -0.05) is 42.5 Å². The van der Waals surface area contributed by atoms with E-state index in [2.05, 4.69) is 48.6 Å². The molecule has 0 amide bonds. The van der Waals surface area contributed by atoms with Gasteiger partial charge in [-0.15, -0.1) is 0 Å². The van der Waals surface area contributed by atoms with Crippen molar-refractivity contribution in [3.05, 3.63) is 71.3 Å². The van der Waals surface area contributed by atoms with Crippen LogP contribution < -0.4 is 5.32 Å². The van der Waals surface area contributed by atoms with Gasteiger partial charge in [-0.05, 0) is 37.4 Å². The third-order valence-electron chi connectivity index (χ3n) is 3.68. The standard InChI is InChI=1S/C18H22N2O2/c1-20(2)17(15-6-4-3-5-7-15)13-19-12-14-8-10-16(11-9-14)18(21)22/h3-11,17,19H,12-13H2,1-2H3,(H,21,22). The van der Waals surface area contributed by atoms with Gasteiger partial charge in [0.2, 0.25) is 0 Å². The number of nitrogens with one attached hydrogen (secondary N) is 1. The van der Waals surface area contributed by atoms with Crippen LogP contribution in [0.3, 0.4) is 0 Å². The van der Waals surface area contributed by atoms with Gasteiger partial charge in [0.15, 0.2) is 0 Å². The Hall–Kier alpha value is -2.17. The lowest BCUT2D eigenvalue weighted by atomic mass is 10.1. The Balaban J connectivity index is 1.92. The smallest absolute Gasteiger partial charge is 0.335 e. The van der Waals surface area contributed by atoms with Crippen molar-refractivity contribution in [3.8, 4) is 0 Å². The van der Waals surface area contributed by atoms with Crippen molar-refractivity contribution in [1.29, 1.82) is 0 Å². The van der Waals surface area contributed by atoms with E-state index in [0.717, 1.165) is 18.7 Å². The Morgan fingerprint density at radius 2 is 1.73 bits per heavy atom. The van der Waals surface area contributed by atoms with Crippen LogP contribution in [0.15, 0.2) is 54.6 Å². The van der Waals surface area contributed by atoms with Crippen LogP contribution in [0.2, 0.25) is 0 Å². The van der Waals surface area contributed by atoms with Crippen LogP contribution in [-0.4, -0.2) is 36.6 Å². The van der Waals surface area contributed by atoms with Gasteiger partial charge >= 0.3 is 5.97 Å². The molecule has 4 nitrogen and oxygen atoms in total. The van der Waals surface area contributed by atoms with Gasteiger partial charge in [-0.25, -0.2) is 4.79 Å². The fourth-order valence-electron chi connectivity index (χ4n) is 2.39. The Bertz CT molecular complexity index is 594. The summed E-state index contributed by atoms with van der Waals surface area (Å²) >= 11 is 0. The molecule has 0 saturated heterocycles. The highest BCUT2D eigenvalue weighted by atomic mass is 16.4. The Kier molecular flexibility index (Phi) is 5.69. The molecular weight excluding hydrogens is 276 g/mol. The minimum atomic E-state index is -0.892. The highest BCUT2D eigenvalue weighted by molar-refractivity contribution is 5.87. The van der Waals surface area contributed by atoms with Crippen molar-refractivity contribution in [1.82, 2.24) is 10.2 Å². The number of nitrogens with zero attached hydrogens (tertiary/aromatic N) is 1. The van der Waals surface area contributed by atoms with Gasteiger partial charge in [-0.2, -0.15) is 0 Å². The second-order valence-corrected chi connectivity index (χ2v) is 5.52. The first-order valence-corrected chi connectivity index (χ1v) is 7.32. The van der Waals surface area contributed by atoms with Crippen molar-refractivity contribution < 1.29 is 9.90 Å². The molecule has 0 spiro atoms. The average Bonchev–Trinajstić information content (AvgIpc) is 2.52. The zero-order valence-electron chi connectivity index (χ0n) is 13.0. The van der Waals surface area contributed by atoms with E-state index in [4.69, 9.17) is 5.11 Å². The van der Waals surface area contributed by atoms with Crippen molar-refractivity contribution in [2.75, 3.05) is 20.6 Å². The fourth-order valence-corrected chi connectivity index (χ4v) is 2.39. The van der Waals surface area contributed by atoms with Crippen LogP contribution in [0, 0.1) is 0 Å². The molecule has 0 fully saturated rings. The van der Waals surface area contributed by atoms with E-state index in [0.29, 0.717) is 11.6 Å². The second-order valence-electron chi connectivity index (χ2n) is 5.52. The number of carboxylic acid groups (broad SMARTS) is 1. The molecule has 1 atom stereocenters. The lowest BCUT2D eigenvalue weighted by molar-refractivity contribution is 0.0697. The van der Waals surface area contributed by atoms with Crippen LogP contribution in [0.4, 0.5) is 0 Å². The molecule has 0 aliphatic carbocycles. The zero-order valence-corrected chi connectivity index (χ0v) is 13.0. The van der Waals surface area contributed by atoms with E-state index < -0.39 is 5.97 Å². The molecule has 0 bridgehead atoms. The van der Waals surface area contributed by atoms with Gasteiger partial charge in [0, 0.05) is 19.1 Å². The number of carbonyl (C=O) groups is 1. The van der Waals surface area contributed by atoms with Gasteiger partial charge < -0.3 is 15.3 Å². The van der Waals surface area contributed by atoms with Crippen molar-refractivity contribution in [3.63, 3.8) is 0 Å². The molecule has 2 N–H and O–H groups in total. The van der Waals surface area contributed by atoms with Crippen LogP contribution in [-0.2, 0) is 6.54 Å². The number of aromatic carboxylic acids is 1.